The number of rotatable bonds is 11. The highest BCUT2D eigenvalue weighted by molar-refractivity contribution is 5.91. The first-order valence-corrected chi connectivity index (χ1v) is 10.7. The minimum absolute atomic E-state index is 0.130. The molecule has 4 heteroatoms. The number of carbonyl (C=O) groups excluding carboxylic acids is 1. The fraction of sp³-hybridized carbons (Fsp3) is 0.773. The molecule has 1 aromatic heterocycles. The van der Waals surface area contributed by atoms with Crippen molar-refractivity contribution in [2.45, 2.75) is 112 Å². The van der Waals surface area contributed by atoms with Crippen LogP contribution in [0.5, 0.6) is 0 Å². The van der Waals surface area contributed by atoms with E-state index in [-0.39, 0.29) is 11.9 Å². The van der Waals surface area contributed by atoms with Crippen molar-refractivity contribution in [2.24, 2.45) is 0 Å². The first kappa shape index (κ1) is 24.6. The molecule has 0 unspecified atom stereocenters. The van der Waals surface area contributed by atoms with Crippen molar-refractivity contribution in [3.05, 3.63) is 18.0 Å². The minimum atomic E-state index is 0.130. The number of hydrogen-bond donors (Lipinski definition) is 0. The van der Waals surface area contributed by atoms with Crippen LogP contribution in [0.15, 0.2) is 12.4 Å². The molecule has 0 N–H and O–H groups in total. The van der Waals surface area contributed by atoms with Crippen molar-refractivity contribution in [3.8, 4) is 0 Å². The standard InChI is InChI=1S/C19H33N3O.C3H8/c1-5-9-12-17(13-10-6-2)22(18(23)8-4)19-20-14-16(11-7-3)15-21-19;1-3-2/h14-15,17H,5-13H2,1-4H3;3H2,1-2H3. The predicted molar refractivity (Wildman–Crippen MR) is 113 cm³/mol. The zero-order chi connectivity index (χ0) is 19.8. The highest BCUT2D eigenvalue weighted by Crippen LogP contribution is 2.21. The molecule has 0 spiro atoms. The Morgan fingerprint density at radius 3 is 1.81 bits per heavy atom. The van der Waals surface area contributed by atoms with Crippen LogP contribution in [0.3, 0.4) is 0 Å². The lowest BCUT2D eigenvalue weighted by atomic mass is 10.0. The molecule has 1 amide bonds. The second-order valence-corrected chi connectivity index (χ2v) is 6.90. The van der Waals surface area contributed by atoms with Crippen molar-refractivity contribution in [3.63, 3.8) is 0 Å². The summed E-state index contributed by atoms with van der Waals surface area (Å²) in [6.07, 6.45) is 14.2. The van der Waals surface area contributed by atoms with Gasteiger partial charge in [0.1, 0.15) is 0 Å². The van der Waals surface area contributed by atoms with Gasteiger partial charge in [0.15, 0.2) is 0 Å². The Balaban J connectivity index is 0.00000194. The van der Waals surface area contributed by atoms with Gasteiger partial charge in [0.25, 0.3) is 0 Å². The number of hydrogen-bond acceptors (Lipinski definition) is 3. The van der Waals surface area contributed by atoms with Gasteiger partial charge in [0, 0.05) is 24.9 Å². The van der Waals surface area contributed by atoms with Crippen molar-refractivity contribution in [2.75, 3.05) is 4.90 Å². The van der Waals surface area contributed by atoms with Gasteiger partial charge in [-0.15, -0.1) is 0 Å². The molecule has 0 aliphatic heterocycles. The largest absolute Gasteiger partial charge is 0.278 e. The van der Waals surface area contributed by atoms with Gasteiger partial charge in [0.2, 0.25) is 11.9 Å². The highest BCUT2D eigenvalue weighted by Gasteiger charge is 2.25. The Bertz CT molecular complexity index is 451. The lowest BCUT2D eigenvalue weighted by molar-refractivity contribution is -0.119. The molecule has 0 atom stereocenters. The number of amides is 1. The fourth-order valence-corrected chi connectivity index (χ4v) is 2.82. The molecule has 0 saturated carbocycles. The zero-order valence-electron chi connectivity index (χ0n) is 18.1. The van der Waals surface area contributed by atoms with Gasteiger partial charge in [-0.2, -0.15) is 0 Å². The Labute approximate surface area is 161 Å². The van der Waals surface area contributed by atoms with Crippen molar-refractivity contribution < 1.29 is 4.79 Å². The Morgan fingerprint density at radius 1 is 0.923 bits per heavy atom. The van der Waals surface area contributed by atoms with E-state index >= 15 is 0 Å². The summed E-state index contributed by atoms with van der Waals surface area (Å²) < 4.78 is 0. The van der Waals surface area contributed by atoms with E-state index in [2.05, 4.69) is 44.6 Å². The van der Waals surface area contributed by atoms with Gasteiger partial charge in [-0.1, -0.05) is 80.1 Å². The van der Waals surface area contributed by atoms with Gasteiger partial charge in [-0.05, 0) is 24.8 Å². The maximum absolute atomic E-state index is 12.5. The van der Waals surface area contributed by atoms with E-state index in [1.807, 2.05) is 24.2 Å². The molecule has 1 heterocycles. The lowest BCUT2D eigenvalue weighted by Gasteiger charge is -2.30. The summed E-state index contributed by atoms with van der Waals surface area (Å²) in [5, 5.41) is 0. The summed E-state index contributed by atoms with van der Waals surface area (Å²) in [5.74, 6) is 0.708. The van der Waals surface area contributed by atoms with Gasteiger partial charge >= 0.3 is 0 Å². The summed E-state index contributed by atoms with van der Waals surface area (Å²) in [7, 11) is 0. The van der Waals surface area contributed by atoms with Crippen molar-refractivity contribution in [1.82, 2.24) is 9.97 Å². The molecule has 1 rings (SSSR count). The minimum Gasteiger partial charge on any atom is -0.278 e. The summed E-state index contributed by atoms with van der Waals surface area (Å²) in [6, 6.07) is 0.222. The molecular formula is C22H41N3O. The van der Waals surface area contributed by atoms with Crippen molar-refractivity contribution in [1.29, 1.82) is 0 Å². The summed E-state index contributed by atoms with van der Waals surface area (Å²) in [6.45, 7) is 12.7. The number of aryl methyl sites for hydroxylation is 1. The van der Waals surface area contributed by atoms with E-state index in [0.29, 0.717) is 12.4 Å². The van der Waals surface area contributed by atoms with Crippen LogP contribution in [0.25, 0.3) is 0 Å². The lowest BCUT2D eigenvalue weighted by Crippen LogP contribution is -2.41. The molecule has 1 aromatic rings. The van der Waals surface area contributed by atoms with E-state index in [1.165, 1.54) is 6.42 Å². The Kier molecular flexibility index (Phi) is 14.9. The topological polar surface area (TPSA) is 46.1 Å². The van der Waals surface area contributed by atoms with E-state index in [1.54, 1.807) is 0 Å². The number of nitrogens with zero attached hydrogens (tertiary/aromatic N) is 3. The molecule has 150 valence electrons. The molecule has 4 nitrogen and oxygen atoms in total. The van der Waals surface area contributed by atoms with E-state index in [0.717, 1.165) is 56.9 Å². The van der Waals surface area contributed by atoms with Gasteiger partial charge in [-0.25, -0.2) is 9.97 Å². The maximum atomic E-state index is 12.5. The third-order valence-electron chi connectivity index (χ3n) is 4.16. The first-order chi connectivity index (χ1) is 12.6. The fourth-order valence-electron chi connectivity index (χ4n) is 2.82. The SMILES string of the molecule is CCC.CCCCC(CCCC)N(C(=O)CC)c1ncc(CCC)cn1. The van der Waals surface area contributed by atoms with Gasteiger partial charge in [0.05, 0.1) is 0 Å². The maximum Gasteiger partial charge on any atom is 0.232 e. The molecule has 0 bridgehead atoms. The zero-order valence-corrected chi connectivity index (χ0v) is 18.1. The van der Waals surface area contributed by atoms with Crippen LogP contribution >= 0.6 is 0 Å². The quantitative estimate of drug-likeness (QED) is 0.461. The average Bonchev–Trinajstić information content (AvgIpc) is 2.65. The number of anilines is 1. The van der Waals surface area contributed by atoms with Crippen LogP contribution in [-0.2, 0) is 11.2 Å². The number of aromatic nitrogens is 2. The predicted octanol–water partition coefficient (Wildman–Crippen LogP) is 6.34. The smallest absolute Gasteiger partial charge is 0.232 e. The molecule has 0 radical (unpaired) electrons. The molecule has 0 fully saturated rings. The molecule has 26 heavy (non-hydrogen) atoms. The van der Waals surface area contributed by atoms with Crippen LogP contribution in [0.2, 0.25) is 0 Å². The van der Waals surface area contributed by atoms with E-state index in [4.69, 9.17) is 0 Å². The number of carbonyl (C=O) groups is 1. The molecular weight excluding hydrogens is 322 g/mol. The Morgan fingerprint density at radius 2 is 1.42 bits per heavy atom. The first-order valence-electron chi connectivity index (χ1n) is 10.7. The summed E-state index contributed by atoms with van der Waals surface area (Å²) >= 11 is 0. The third-order valence-corrected chi connectivity index (χ3v) is 4.16. The van der Waals surface area contributed by atoms with Gasteiger partial charge < -0.3 is 0 Å². The second-order valence-electron chi connectivity index (χ2n) is 6.90. The van der Waals surface area contributed by atoms with Crippen LogP contribution in [-0.4, -0.2) is 21.9 Å². The van der Waals surface area contributed by atoms with E-state index in [9.17, 15) is 4.79 Å². The third kappa shape index (κ3) is 9.30. The van der Waals surface area contributed by atoms with Crippen LogP contribution < -0.4 is 4.90 Å². The molecule has 0 saturated heterocycles. The number of unbranched alkanes of at least 4 members (excludes halogenated alkanes) is 2. The molecule has 0 aliphatic carbocycles. The normalized spacial score (nSPS) is 10.4. The highest BCUT2D eigenvalue weighted by atomic mass is 16.2. The molecule has 0 aromatic carbocycles. The second kappa shape index (κ2) is 15.8. The molecule has 0 aliphatic rings. The van der Waals surface area contributed by atoms with Crippen LogP contribution in [0.4, 0.5) is 5.95 Å². The summed E-state index contributed by atoms with van der Waals surface area (Å²) in [4.78, 5) is 23.4. The van der Waals surface area contributed by atoms with Crippen LogP contribution in [0, 0.1) is 0 Å². The average molecular weight is 364 g/mol. The van der Waals surface area contributed by atoms with Crippen molar-refractivity contribution >= 4 is 11.9 Å². The summed E-state index contributed by atoms with van der Waals surface area (Å²) in [5.41, 5.74) is 1.14. The monoisotopic (exact) mass is 363 g/mol. The Hall–Kier alpha value is -1.45. The van der Waals surface area contributed by atoms with Crippen LogP contribution in [0.1, 0.15) is 105 Å². The van der Waals surface area contributed by atoms with Gasteiger partial charge in [-0.3, -0.25) is 9.69 Å². The van der Waals surface area contributed by atoms with E-state index < -0.39 is 0 Å².